The van der Waals surface area contributed by atoms with Crippen molar-refractivity contribution < 1.29 is 9.72 Å². The molecule has 0 unspecified atom stereocenters. The van der Waals surface area contributed by atoms with Gasteiger partial charge >= 0.3 is 0 Å². The number of non-ortho nitro benzene ring substituents is 1. The van der Waals surface area contributed by atoms with E-state index in [1.54, 1.807) is 18.2 Å². The molecular weight excluding hydrogens is 414 g/mol. The van der Waals surface area contributed by atoms with Crippen LogP contribution in [0.4, 0.5) is 17.1 Å². The Balaban J connectivity index is 1.59. The lowest BCUT2D eigenvalue weighted by Crippen LogP contribution is -2.43. The zero-order valence-electron chi connectivity index (χ0n) is 19.0. The minimum atomic E-state index is -0.436. The minimum Gasteiger partial charge on any atom is -0.378 e. The summed E-state index contributed by atoms with van der Waals surface area (Å²) in [6.45, 7) is 6.16. The van der Waals surface area contributed by atoms with Crippen LogP contribution in [-0.4, -0.2) is 16.9 Å². The maximum atomic E-state index is 13.2. The molecule has 0 radical (unpaired) electrons. The molecule has 0 saturated carbocycles. The number of nitrogens with one attached hydrogen (secondary N) is 1. The molecule has 6 heteroatoms. The van der Waals surface area contributed by atoms with E-state index in [0.29, 0.717) is 0 Å². The number of amides is 1. The van der Waals surface area contributed by atoms with Gasteiger partial charge in [-0.1, -0.05) is 29.8 Å². The van der Waals surface area contributed by atoms with Gasteiger partial charge in [0.25, 0.3) is 11.6 Å². The molecule has 1 aliphatic heterocycles. The number of aryl methyl sites for hydroxylation is 2. The molecule has 0 saturated heterocycles. The van der Waals surface area contributed by atoms with Crippen molar-refractivity contribution in [3.05, 3.63) is 105 Å². The lowest BCUT2D eigenvalue weighted by atomic mass is 9.90. The predicted octanol–water partition coefficient (Wildman–Crippen LogP) is 6.20. The number of hydrogen-bond donors (Lipinski definition) is 1. The third kappa shape index (κ3) is 4.95. The van der Waals surface area contributed by atoms with Crippen molar-refractivity contribution in [2.24, 2.45) is 0 Å². The second kappa shape index (κ2) is 9.28. The van der Waals surface area contributed by atoms with Gasteiger partial charge in [0.15, 0.2) is 0 Å². The molecule has 168 valence electrons. The van der Waals surface area contributed by atoms with Crippen molar-refractivity contribution in [1.29, 1.82) is 0 Å². The quantitative estimate of drug-likeness (QED) is 0.290. The van der Waals surface area contributed by atoms with Crippen LogP contribution in [0.2, 0.25) is 0 Å². The van der Waals surface area contributed by atoms with E-state index in [0.717, 1.165) is 34.5 Å². The first-order valence-electron chi connectivity index (χ1n) is 11.0. The van der Waals surface area contributed by atoms with E-state index in [2.05, 4.69) is 61.6 Å². The molecule has 0 aliphatic carbocycles. The highest BCUT2D eigenvalue weighted by Gasteiger charge is 2.33. The third-order valence-corrected chi connectivity index (χ3v) is 5.99. The molecule has 6 nitrogen and oxygen atoms in total. The third-order valence-electron chi connectivity index (χ3n) is 5.99. The number of carbonyl (C=O) groups is 1. The predicted molar refractivity (Wildman–Crippen MR) is 132 cm³/mol. The van der Waals surface area contributed by atoms with Crippen LogP contribution >= 0.6 is 0 Å². The maximum absolute atomic E-state index is 13.2. The van der Waals surface area contributed by atoms with Crippen LogP contribution in [0.25, 0.3) is 6.08 Å². The van der Waals surface area contributed by atoms with Crippen molar-refractivity contribution in [3.8, 4) is 0 Å². The van der Waals surface area contributed by atoms with Gasteiger partial charge in [0.05, 0.1) is 11.0 Å². The summed E-state index contributed by atoms with van der Waals surface area (Å²) in [5.74, 6) is -0.110. The first-order chi connectivity index (χ1) is 15.8. The fraction of sp³-hybridized carbons (Fsp3) is 0.222. The molecule has 0 spiro atoms. The summed E-state index contributed by atoms with van der Waals surface area (Å²) in [7, 11) is 0. The van der Waals surface area contributed by atoms with Crippen LogP contribution in [0.3, 0.4) is 0 Å². The summed E-state index contributed by atoms with van der Waals surface area (Å²) in [6, 6.07) is 20.8. The summed E-state index contributed by atoms with van der Waals surface area (Å²) in [6.07, 6.45) is 4.02. The van der Waals surface area contributed by atoms with Crippen LogP contribution < -0.4 is 10.2 Å². The minimum absolute atomic E-state index is 0.00346. The Hall–Kier alpha value is -3.93. The van der Waals surface area contributed by atoms with Crippen LogP contribution in [0.15, 0.2) is 72.8 Å². The van der Waals surface area contributed by atoms with E-state index < -0.39 is 4.92 Å². The van der Waals surface area contributed by atoms with E-state index in [9.17, 15) is 14.9 Å². The van der Waals surface area contributed by atoms with Crippen molar-refractivity contribution in [2.45, 2.75) is 39.3 Å². The molecule has 1 heterocycles. The zero-order valence-corrected chi connectivity index (χ0v) is 19.0. The summed E-state index contributed by atoms with van der Waals surface area (Å²) in [5.41, 5.74) is 6.14. The van der Waals surface area contributed by atoms with E-state index >= 15 is 0 Å². The largest absolute Gasteiger partial charge is 0.378 e. The Morgan fingerprint density at radius 1 is 1.03 bits per heavy atom. The fourth-order valence-corrected chi connectivity index (χ4v) is 4.25. The Labute approximate surface area is 193 Å². The molecule has 2 atom stereocenters. The summed E-state index contributed by atoms with van der Waals surface area (Å²) >= 11 is 0. The first-order valence-corrected chi connectivity index (χ1v) is 11.0. The molecule has 0 bridgehead atoms. The van der Waals surface area contributed by atoms with E-state index in [1.807, 2.05) is 11.8 Å². The van der Waals surface area contributed by atoms with Gasteiger partial charge in [-0.15, -0.1) is 0 Å². The highest BCUT2D eigenvalue weighted by molar-refractivity contribution is 6.05. The Bertz CT molecular complexity index is 1200. The van der Waals surface area contributed by atoms with Crippen molar-refractivity contribution in [2.75, 3.05) is 10.2 Å². The van der Waals surface area contributed by atoms with Crippen molar-refractivity contribution >= 4 is 29.0 Å². The average molecular weight is 442 g/mol. The normalized spacial score (nSPS) is 17.6. The van der Waals surface area contributed by atoms with Crippen LogP contribution in [0, 0.1) is 24.0 Å². The van der Waals surface area contributed by atoms with Gasteiger partial charge in [0, 0.05) is 35.6 Å². The van der Waals surface area contributed by atoms with Gasteiger partial charge in [0.2, 0.25) is 0 Å². The Kier molecular flexibility index (Phi) is 6.27. The average Bonchev–Trinajstić information content (AvgIpc) is 2.79. The summed E-state index contributed by atoms with van der Waals surface area (Å²) in [5, 5.41) is 14.5. The van der Waals surface area contributed by atoms with Gasteiger partial charge in [-0.3, -0.25) is 14.9 Å². The fourth-order valence-electron chi connectivity index (χ4n) is 4.25. The van der Waals surface area contributed by atoms with Gasteiger partial charge < -0.3 is 10.2 Å². The number of hydrogen-bond acceptors (Lipinski definition) is 4. The Morgan fingerprint density at radius 3 is 2.36 bits per heavy atom. The molecule has 1 amide bonds. The molecule has 1 aliphatic rings. The maximum Gasteiger partial charge on any atom is 0.269 e. The van der Waals surface area contributed by atoms with Gasteiger partial charge in [-0.05, 0) is 80.3 Å². The molecular formula is C27H27N3O3. The molecule has 33 heavy (non-hydrogen) atoms. The number of nitrogens with zero attached hydrogens (tertiary/aromatic N) is 2. The van der Waals surface area contributed by atoms with E-state index in [4.69, 9.17) is 0 Å². The SMILES string of the molecule is Cc1ccc(N[C@H]2C[C@@H](C)N(C(=O)/C=C/c3ccc([N+](=O)[O-])cc3)c3cc(C)ccc32)cc1. The number of rotatable bonds is 5. The number of carbonyl (C=O) groups excluding carboxylic acids is 1. The summed E-state index contributed by atoms with van der Waals surface area (Å²) in [4.78, 5) is 25.5. The molecule has 3 aromatic carbocycles. The van der Waals surface area contributed by atoms with Gasteiger partial charge in [0.1, 0.15) is 0 Å². The monoisotopic (exact) mass is 441 g/mol. The topological polar surface area (TPSA) is 75.5 Å². The van der Waals surface area contributed by atoms with Crippen molar-refractivity contribution in [1.82, 2.24) is 0 Å². The van der Waals surface area contributed by atoms with Crippen LogP contribution in [-0.2, 0) is 4.79 Å². The highest BCUT2D eigenvalue weighted by Crippen LogP contribution is 2.39. The standard InChI is InChI=1S/C27H27N3O3/c1-18-4-10-22(11-5-18)28-25-17-20(3)29(26-16-19(2)6-14-24(25)26)27(31)15-9-21-7-12-23(13-8-21)30(32)33/h4-16,20,25,28H,17H2,1-3H3/b15-9+/t20-,25+/m1/s1. The van der Waals surface area contributed by atoms with E-state index in [1.165, 1.54) is 23.8 Å². The molecule has 4 rings (SSSR count). The zero-order chi connectivity index (χ0) is 23.5. The number of nitro groups is 1. The molecule has 1 N–H and O–H groups in total. The van der Waals surface area contributed by atoms with Crippen LogP contribution in [0.1, 0.15) is 41.6 Å². The van der Waals surface area contributed by atoms with Crippen molar-refractivity contribution in [3.63, 3.8) is 0 Å². The smallest absolute Gasteiger partial charge is 0.269 e. The molecule has 0 aromatic heterocycles. The number of benzene rings is 3. The number of fused-ring (bicyclic) bond motifs is 1. The second-order valence-electron chi connectivity index (χ2n) is 8.60. The van der Waals surface area contributed by atoms with Crippen LogP contribution in [0.5, 0.6) is 0 Å². The van der Waals surface area contributed by atoms with E-state index in [-0.39, 0.29) is 23.7 Å². The van der Waals surface area contributed by atoms with Gasteiger partial charge in [-0.25, -0.2) is 0 Å². The lowest BCUT2D eigenvalue weighted by Gasteiger charge is -2.39. The lowest BCUT2D eigenvalue weighted by molar-refractivity contribution is -0.384. The Morgan fingerprint density at radius 2 is 1.70 bits per heavy atom. The van der Waals surface area contributed by atoms with Gasteiger partial charge in [-0.2, -0.15) is 0 Å². The first kappa shape index (κ1) is 22.3. The number of anilines is 2. The summed E-state index contributed by atoms with van der Waals surface area (Å²) < 4.78 is 0. The highest BCUT2D eigenvalue weighted by atomic mass is 16.6. The number of nitro benzene ring substituents is 1. The molecule has 0 fully saturated rings. The molecule has 3 aromatic rings. The second-order valence-corrected chi connectivity index (χ2v) is 8.60.